The lowest BCUT2D eigenvalue weighted by molar-refractivity contribution is 0.566. The minimum absolute atomic E-state index is 0.168. The van der Waals surface area contributed by atoms with Crippen molar-refractivity contribution in [2.24, 2.45) is 5.73 Å². The van der Waals surface area contributed by atoms with Crippen LogP contribution < -0.4 is 10.5 Å². The SMILES string of the molecule is CC(NS(=O)(=O)c1ccc(C(N)=S)cc1)c1nccs1. The molecule has 0 radical (unpaired) electrons. The van der Waals surface area contributed by atoms with Crippen LogP contribution >= 0.6 is 23.6 Å². The van der Waals surface area contributed by atoms with Crippen molar-refractivity contribution < 1.29 is 8.42 Å². The fourth-order valence-corrected chi connectivity index (χ4v) is 3.66. The molecule has 2 rings (SSSR count). The van der Waals surface area contributed by atoms with Gasteiger partial charge in [-0.15, -0.1) is 11.3 Å². The Hall–Kier alpha value is -1.35. The van der Waals surface area contributed by atoms with Gasteiger partial charge in [0.15, 0.2) is 0 Å². The number of rotatable bonds is 5. The molecule has 1 aromatic heterocycles. The molecule has 0 aliphatic carbocycles. The molecule has 0 spiro atoms. The van der Waals surface area contributed by atoms with E-state index in [1.165, 1.54) is 23.5 Å². The van der Waals surface area contributed by atoms with Crippen LogP contribution in [0.3, 0.4) is 0 Å². The Balaban J connectivity index is 2.20. The van der Waals surface area contributed by atoms with Crippen LogP contribution in [0.25, 0.3) is 0 Å². The van der Waals surface area contributed by atoms with Crippen LogP contribution in [0, 0.1) is 0 Å². The molecule has 20 heavy (non-hydrogen) atoms. The summed E-state index contributed by atoms with van der Waals surface area (Å²) in [5, 5.41) is 2.52. The third-order valence-electron chi connectivity index (χ3n) is 2.60. The average Bonchev–Trinajstić information content (AvgIpc) is 2.92. The fourth-order valence-electron chi connectivity index (χ4n) is 1.60. The second-order valence-electron chi connectivity index (χ2n) is 4.10. The van der Waals surface area contributed by atoms with Gasteiger partial charge in [0.1, 0.15) is 10.00 Å². The first-order valence-electron chi connectivity index (χ1n) is 5.72. The van der Waals surface area contributed by atoms with Gasteiger partial charge in [-0.05, 0) is 19.1 Å². The maximum absolute atomic E-state index is 12.2. The molecule has 0 saturated heterocycles. The van der Waals surface area contributed by atoms with Crippen molar-refractivity contribution in [1.82, 2.24) is 9.71 Å². The molecule has 106 valence electrons. The van der Waals surface area contributed by atoms with Gasteiger partial charge in [0, 0.05) is 17.1 Å². The van der Waals surface area contributed by atoms with Gasteiger partial charge in [0.25, 0.3) is 0 Å². The van der Waals surface area contributed by atoms with Gasteiger partial charge in [0.2, 0.25) is 10.0 Å². The standard InChI is InChI=1S/C12H13N3O2S3/c1-8(12-14-6-7-19-12)15-20(16,17)10-4-2-9(3-5-10)11(13)18/h2-8,15H,1H3,(H2,13,18). The lowest BCUT2D eigenvalue weighted by Crippen LogP contribution is -2.26. The third kappa shape index (κ3) is 3.40. The second kappa shape index (κ2) is 5.96. The number of nitrogens with two attached hydrogens (primary N) is 1. The van der Waals surface area contributed by atoms with Gasteiger partial charge in [-0.1, -0.05) is 24.4 Å². The van der Waals surface area contributed by atoms with Gasteiger partial charge >= 0.3 is 0 Å². The summed E-state index contributed by atoms with van der Waals surface area (Å²) in [6.07, 6.45) is 1.64. The van der Waals surface area contributed by atoms with Crippen molar-refractivity contribution >= 4 is 38.6 Å². The van der Waals surface area contributed by atoms with Gasteiger partial charge in [-0.25, -0.2) is 18.1 Å². The molecule has 0 aliphatic rings. The van der Waals surface area contributed by atoms with E-state index in [0.29, 0.717) is 10.6 Å². The zero-order valence-electron chi connectivity index (χ0n) is 10.6. The summed E-state index contributed by atoms with van der Waals surface area (Å²) >= 11 is 6.23. The van der Waals surface area contributed by atoms with E-state index < -0.39 is 10.0 Å². The molecule has 0 bridgehead atoms. The van der Waals surface area contributed by atoms with Crippen LogP contribution in [0.5, 0.6) is 0 Å². The Morgan fingerprint density at radius 1 is 1.40 bits per heavy atom. The zero-order valence-corrected chi connectivity index (χ0v) is 13.1. The van der Waals surface area contributed by atoms with Crippen molar-refractivity contribution in [3.8, 4) is 0 Å². The number of aromatic nitrogens is 1. The van der Waals surface area contributed by atoms with Crippen molar-refractivity contribution in [1.29, 1.82) is 0 Å². The smallest absolute Gasteiger partial charge is 0.241 e. The van der Waals surface area contributed by atoms with E-state index in [2.05, 4.69) is 9.71 Å². The topological polar surface area (TPSA) is 85.1 Å². The number of nitrogens with zero attached hydrogens (tertiary/aromatic N) is 1. The highest BCUT2D eigenvalue weighted by Gasteiger charge is 2.19. The summed E-state index contributed by atoms with van der Waals surface area (Å²) in [4.78, 5) is 4.49. The lowest BCUT2D eigenvalue weighted by Gasteiger charge is -2.12. The Morgan fingerprint density at radius 3 is 2.55 bits per heavy atom. The molecule has 0 aliphatic heterocycles. The van der Waals surface area contributed by atoms with E-state index in [-0.39, 0.29) is 15.9 Å². The number of thiocarbonyl (C=S) groups is 1. The lowest BCUT2D eigenvalue weighted by atomic mass is 10.2. The van der Waals surface area contributed by atoms with Crippen molar-refractivity contribution in [2.45, 2.75) is 17.9 Å². The van der Waals surface area contributed by atoms with Crippen LogP contribution in [-0.4, -0.2) is 18.4 Å². The Labute approximate surface area is 126 Å². The molecule has 1 unspecified atom stereocenters. The average molecular weight is 327 g/mol. The predicted octanol–water partition coefficient (Wildman–Crippen LogP) is 1.82. The molecule has 2 aromatic rings. The zero-order chi connectivity index (χ0) is 14.8. The number of nitrogens with one attached hydrogen (secondary N) is 1. The van der Waals surface area contributed by atoms with Crippen LogP contribution in [-0.2, 0) is 10.0 Å². The number of benzene rings is 1. The maximum atomic E-state index is 12.2. The predicted molar refractivity (Wildman–Crippen MR) is 83.2 cm³/mol. The molecule has 8 heteroatoms. The second-order valence-corrected chi connectivity index (χ2v) is 7.18. The quantitative estimate of drug-likeness (QED) is 0.818. The van der Waals surface area contributed by atoms with Crippen molar-refractivity contribution in [2.75, 3.05) is 0 Å². The molecule has 0 saturated carbocycles. The molecular weight excluding hydrogens is 314 g/mol. The van der Waals surface area contributed by atoms with Gasteiger partial charge in [-0.3, -0.25) is 0 Å². The highest BCUT2D eigenvalue weighted by Crippen LogP contribution is 2.18. The van der Waals surface area contributed by atoms with Gasteiger partial charge < -0.3 is 5.73 Å². The van der Waals surface area contributed by atoms with Crippen LogP contribution in [0.4, 0.5) is 0 Å². The van der Waals surface area contributed by atoms with Crippen LogP contribution in [0.2, 0.25) is 0 Å². The molecule has 1 atom stereocenters. The first-order chi connectivity index (χ1) is 9.40. The van der Waals surface area contributed by atoms with E-state index in [1.54, 1.807) is 30.6 Å². The summed E-state index contributed by atoms with van der Waals surface area (Å²) < 4.78 is 27.0. The minimum atomic E-state index is -3.60. The largest absolute Gasteiger partial charge is 0.389 e. The van der Waals surface area contributed by atoms with E-state index in [4.69, 9.17) is 18.0 Å². The Bertz CT molecular complexity index is 694. The summed E-state index contributed by atoms with van der Waals surface area (Å²) in [5.41, 5.74) is 6.11. The Kier molecular flexibility index (Phi) is 4.48. The Morgan fingerprint density at radius 2 is 2.05 bits per heavy atom. The molecule has 5 nitrogen and oxygen atoms in total. The highest BCUT2D eigenvalue weighted by molar-refractivity contribution is 7.89. The fraction of sp³-hybridized carbons (Fsp3) is 0.167. The van der Waals surface area contributed by atoms with Crippen molar-refractivity contribution in [3.05, 3.63) is 46.4 Å². The summed E-state index contributed by atoms with van der Waals surface area (Å²) in [6, 6.07) is 5.75. The molecule has 0 fully saturated rings. The van der Waals surface area contributed by atoms with E-state index >= 15 is 0 Å². The van der Waals surface area contributed by atoms with E-state index in [9.17, 15) is 8.42 Å². The normalized spacial score (nSPS) is 13.1. The van der Waals surface area contributed by atoms with Gasteiger partial charge in [0.05, 0.1) is 10.9 Å². The first kappa shape index (κ1) is 15.0. The van der Waals surface area contributed by atoms with E-state index in [0.717, 1.165) is 0 Å². The molecule has 1 aromatic carbocycles. The van der Waals surface area contributed by atoms with Crippen LogP contribution in [0.15, 0.2) is 40.7 Å². The molecular formula is C12H13N3O2S3. The number of sulfonamides is 1. The first-order valence-corrected chi connectivity index (χ1v) is 8.49. The highest BCUT2D eigenvalue weighted by atomic mass is 32.2. The maximum Gasteiger partial charge on any atom is 0.241 e. The summed E-state index contributed by atoms with van der Waals surface area (Å²) in [5.74, 6) is 0. The molecule has 3 N–H and O–H groups in total. The third-order valence-corrected chi connectivity index (χ3v) is 5.35. The van der Waals surface area contributed by atoms with Gasteiger partial charge in [-0.2, -0.15) is 0 Å². The number of hydrogen-bond acceptors (Lipinski definition) is 5. The number of thiazole rings is 1. The molecule has 1 heterocycles. The van der Waals surface area contributed by atoms with Crippen LogP contribution in [0.1, 0.15) is 23.5 Å². The van der Waals surface area contributed by atoms with Crippen molar-refractivity contribution in [3.63, 3.8) is 0 Å². The summed E-state index contributed by atoms with van der Waals surface area (Å²) in [7, 11) is -3.60. The summed E-state index contributed by atoms with van der Waals surface area (Å²) in [6.45, 7) is 1.75. The minimum Gasteiger partial charge on any atom is -0.389 e. The number of hydrogen-bond donors (Lipinski definition) is 2. The molecule has 0 amide bonds. The monoisotopic (exact) mass is 327 g/mol. The van der Waals surface area contributed by atoms with E-state index in [1.807, 2.05) is 0 Å².